The van der Waals surface area contributed by atoms with E-state index in [0.717, 1.165) is 18.3 Å². The number of para-hydroxylation sites is 1. The molecule has 2 unspecified atom stereocenters. The molecule has 0 saturated carbocycles. The maximum Gasteiger partial charge on any atom is 0.122 e. The summed E-state index contributed by atoms with van der Waals surface area (Å²) >= 11 is 0. The summed E-state index contributed by atoms with van der Waals surface area (Å²) in [5, 5.41) is 3.84. The van der Waals surface area contributed by atoms with Crippen LogP contribution in [-0.4, -0.2) is 18.7 Å². The second-order valence-electron chi connectivity index (χ2n) is 6.98. The van der Waals surface area contributed by atoms with E-state index >= 15 is 0 Å². The number of fused-ring (bicyclic) bond motifs is 1. The van der Waals surface area contributed by atoms with Crippen LogP contribution in [0, 0.1) is 5.92 Å². The predicted molar refractivity (Wildman–Crippen MR) is 83.3 cm³/mol. The normalized spacial score (nSPS) is 29.2. The Balaban J connectivity index is 1.80. The van der Waals surface area contributed by atoms with Gasteiger partial charge in [-0.3, -0.25) is 0 Å². The van der Waals surface area contributed by atoms with Crippen LogP contribution in [0.2, 0.25) is 0 Å². The van der Waals surface area contributed by atoms with Gasteiger partial charge >= 0.3 is 0 Å². The van der Waals surface area contributed by atoms with Gasteiger partial charge in [-0.15, -0.1) is 0 Å². The molecule has 2 heteroatoms. The van der Waals surface area contributed by atoms with Gasteiger partial charge in [0.1, 0.15) is 5.75 Å². The van der Waals surface area contributed by atoms with Crippen LogP contribution < -0.4 is 10.1 Å². The lowest BCUT2D eigenvalue weighted by Crippen LogP contribution is -2.42. The van der Waals surface area contributed by atoms with E-state index in [9.17, 15) is 0 Å². The number of nitrogens with one attached hydrogen (secondary N) is 1. The lowest BCUT2D eigenvalue weighted by molar-refractivity contribution is 0.216. The van der Waals surface area contributed by atoms with E-state index in [1.54, 1.807) is 0 Å². The van der Waals surface area contributed by atoms with Gasteiger partial charge in [-0.05, 0) is 62.1 Å². The van der Waals surface area contributed by atoms with Crippen molar-refractivity contribution >= 4 is 0 Å². The number of ether oxygens (including phenoxy) is 1. The average molecular weight is 273 g/mol. The van der Waals surface area contributed by atoms with E-state index in [1.807, 2.05) is 0 Å². The average Bonchev–Trinajstić information content (AvgIpc) is 2.86. The van der Waals surface area contributed by atoms with Gasteiger partial charge in [0.05, 0.1) is 6.61 Å². The van der Waals surface area contributed by atoms with Crippen LogP contribution in [-0.2, 0) is 0 Å². The largest absolute Gasteiger partial charge is 0.493 e. The molecule has 0 aliphatic carbocycles. The van der Waals surface area contributed by atoms with Crippen molar-refractivity contribution in [3.05, 3.63) is 29.8 Å². The van der Waals surface area contributed by atoms with Crippen molar-refractivity contribution in [3.8, 4) is 5.75 Å². The lowest BCUT2D eigenvalue weighted by Gasteiger charge is -2.37. The fourth-order valence-electron chi connectivity index (χ4n) is 4.18. The van der Waals surface area contributed by atoms with Crippen LogP contribution in [0.15, 0.2) is 24.3 Å². The third-order valence-electron chi connectivity index (χ3n) is 4.85. The van der Waals surface area contributed by atoms with Crippen molar-refractivity contribution in [2.24, 2.45) is 5.92 Å². The van der Waals surface area contributed by atoms with Gasteiger partial charge in [-0.1, -0.05) is 32.0 Å². The van der Waals surface area contributed by atoms with E-state index in [0.29, 0.717) is 11.5 Å². The summed E-state index contributed by atoms with van der Waals surface area (Å²) in [6.07, 6.45) is 6.40. The highest BCUT2D eigenvalue weighted by atomic mass is 16.5. The predicted octanol–water partition coefficient (Wildman–Crippen LogP) is 4.11. The Bertz CT molecular complexity index is 448. The fraction of sp³-hybridized carbons (Fsp3) is 0.667. The molecule has 0 radical (unpaired) electrons. The zero-order valence-electron chi connectivity index (χ0n) is 12.8. The van der Waals surface area contributed by atoms with Crippen molar-refractivity contribution in [2.45, 2.75) is 57.4 Å². The van der Waals surface area contributed by atoms with Gasteiger partial charge < -0.3 is 10.1 Å². The molecule has 1 N–H and O–H groups in total. The molecule has 2 aliphatic heterocycles. The monoisotopic (exact) mass is 273 g/mol. The Morgan fingerprint density at radius 1 is 1.35 bits per heavy atom. The summed E-state index contributed by atoms with van der Waals surface area (Å²) < 4.78 is 5.81. The van der Waals surface area contributed by atoms with Crippen molar-refractivity contribution in [1.82, 2.24) is 5.32 Å². The zero-order valence-corrected chi connectivity index (χ0v) is 12.8. The molecular formula is C18H27NO. The molecule has 1 aromatic carbocycles. The summed E-state index contributed by atoms with van der Waals surface area (Å²) in [7, 11) is 0. The molecule has 0 spiro atoms. The van der Waals surface area contributed by atoms with Crippen molar-refractivity contribution in [1.29, 1.82) is 0 Å². The SMILES string of the molecule is CC(C)CC1(CC2CCOc3ccccc32)CCCN1. The number of hydrogen-bond donors (Lipinski definition) is 1. The molecule has 3 rings (SSSR count). The lowest BCUT2D eigenvalue weighted by atomic mass is 9.76. The van der Waals surface area contributed by atoms with Gasteiger partial charge in [-0.25, -0.2) is 0 Å². The van der Waals surface area contributed by atoms with E-state index in [4.69, 9.17) is 4.74 Å². The third kappa shape index (κ3) is 2.85. The highest BCUT2D eigenvalue weighted by Gasteiger charge is 2.37. The second kappa shape index (κ2) is 5.77. The molecule has 110 valence electrons. The van der Waals surface area contributed by atoms with Gasteiger partial charge in [0.2, 0.25) is 0 Å². The molecule has 1 fully saturated rings. The second-order valence-corrected chi connectivity index (χ2v) is 6.98. The summed E-state index contributed by atoms with van der Waals surface area (Å²) in [4.78, 5) is 0. The van der Waals surface area contributed by atoms with E-state index in [-0.39, 0.29) is 0 Å². The summed E-state index contributed by atoms with van der Waals surface area (Å²) in [5.41, 5.74) is 1.79. The van der Waals surface area contributed by atoms with Crippen molar-refractivity contribution < 1.29 is 4.74 Å². The quantitative estimate of drug-likeness (QED) is 0.891. The van der Waals surface area contributed by atoms with Gasteiger partial charge in [0.25, 0.3) is 0 Å². The van der Waals surface area contributed by atoms with Crippen molar-refractivity contribution in [2.75, 3.05) is 13.2 Å². The molecule has 0 aromatic heterocycles. The summed E-state index contributed by atoms with van der Waals surface area (Å²) in [5.74, 6) is 2.53. The Morgan fingerprint density at radius 2 is 2.20 bits per heavy atom. The standard InChI is InChI=1S/C18H27NO/c1-14(2)12-18(9-5-10-19-18)13-15-8-11-20-17-7-4-3-6-16(15)17/h3-4,6-7,14-15,19H,5,8-13H2,1-2H3. The third-order valence-corrected chi connectivity index (χ3v) is 4.85. The molecule has 2 nitrogen and oxygen atoms in total. The molecule has 20 heavy (non-hydrogen) atoms. The Kier molecular flexibility index (Phi) is 4.02. The zero-order chi connectivity index (χ0) is 14.0. The molecule has 2 atom stereocenters. The van der Waals surface area contributed by atoms with E-state index < -0.39 is 0 Å². The number of benzene rings is 1. The Hall–Kier alpha value is -1.02. The molecular weight excluding hydrogens is 246 g/mol. The van der Waals surface area contributed by atoms with E-state index in [2.05, 4.69) is 43.4 Å². The Morgan fingerprint density at radius 3 is 2.95 bits per heavy atom. The van der Waals surface area contributed by atoms with Crippen LogP contribution in [0.25, 0.3) is 0 Å². The fourth-order valence-corrected chi connectivity index (χ4v) is 4.18. The molecule has 2 heterocycles. The maximum atomic E-state index is 5.81. The first-order valence-corrected chi connectivity index (χ1v) is 8.15. The summed E-state index contributed by atoms with van der Waals surface area (Å²) in [6.45, 7) is 6.76. The van der Waals surface area contributed by atoms with Crippen LogP contribution in [0.1, 0.15) is 57.4 Å². The minimum Gasteiger partial charge on any atom is -0.493 e. The minimum absolute atomic E-state index is 0.364. The first kappa shape index (κ1) is 13.9. The molecule has 1 aromatic rings. The van der Waals surface area contributed by atoms with Crippen LogP contribution >= 0.6 is 0 Å². The van der Waals surface area contributed by atoms with Crippen LogP contribution in [0.5, 0.6) is 5.75 Å². The Labute approximate surface area is 122 Å². The highest BCUT2D eigenvalue weighted by molar-refractivity contribution is 5.38. The molecule has 0 bridgehead atoms. The molecule has 1 saturated heterocycles. The minimum atomic E-state index is 0.364. The topological polar surface area (TPSA) is 21.3 Å². The van der Waals surface area contributed by atoms with Gasteiger partial charge in [0, 0.05) is 5.54 Å². The maximum absolute atomic E-state index is 5.81. The highest BCUT2D eigenvalue weighted by Crippen LogP contribution is 2.42. The van der Waals surface area contributed by atoms with Crippen LogP contribution in [0.4, 0.5) is 0 Å². The smallest absolute Gasteiger partial charge is 0.122 e. The van der Waals surface area contributed by atoms with E-state index in [1.165, 1.54) is 44.2 Å². The van der Waals surface area contributed by atoms with Gasteiger partial charge in [0.15, 0.2) is 0 Å². The first-order valence-electron chi connectivity index (χ1n) is 8.15. The first-order chi connectivity index (χ1) is 9.69. The van der Waals surface area contributed by atoms with Crippen LogP contribution in [0.3, 0.4) is 0 Å². The van der Waals surface area contributed by atoms with Gasteiger partial charge in [-0.2, -0.15) is 0 Å². The number of hydrogen-bond acceptors (Lipinski definition) is 2. The summed E-state index contributed by atoms with van der Waals surface area (Å²) in [6, 6.07) is 8.62. The molecule has 2 aliphatic rings. The molecule has 0 amide bonds. The van der Waals surface area contributed by atoms with Crippen molar-refractivity contribution in [3.63, 3.8) is 0 Å². The number of rotatable bonds is 4.